The molecule has 0 spiro atoms. The van der Waals surface area contributed by atoms with Gasteiger partial charge in [-0.2, -0.15) is 0 Å². The van der Waals surface area contributed by atoms with E-state index in [1.165, 1.54) is 0 Å². The van der Waals surface area contributed by atoms with E-state index in [-0.39, 0.29) is 5.41 Å². The molecule has 1 heterocycles. The van der Waals surface area contributed by atoms with Gasteiger partial charge in [0.2, 0.25) is 0 Å². The SMILES string of the molecule is CC1=CC2(C=O)CCC3C(CC=C4COC(C)(C)OC4C2(O)C1O)C3(C)C. The van der Waals surface area contributed by atoms with Gasteiger partial charge >= 0.3 is 0 Å². The summed E-state index contributed by atoms with van der Waals surface area (Å²) in [5, 5.41) is 22.9. The molecule has 0 amide bonds. The van der Waals surface area contributed by atoms with Gasteiger partial charge in [0.1, 0.15) is 24.1 Å². The summed E-state index contributed by atoms with van der Waals surface area (Å²) >= 11 is 0. The number of fused-ring (bicyclic) bond motifs is 4. The van der Waals surface area contributed by atoms with Gasteiger partial charge in [-0.25, -0.2) is 0 Å². The largest absolute Gasteiger partial charge is 0.386 e. The van der Waals surface area contributed by atoms with E-state index in [1.54, 1.807) is 26.8 Å². The Labute approximate surface area is 161 Å². The highest BCUT2D eigenvalue weighted by Crippen LogP contribution is 2.64. The Morgan fingerprint density at radius 2 is 1.93 bits per heavy atom. The molecule has 1 saturated carbocycles. The number of hydrogen-bond acceptors (Lipinski definition) is 5. The molecule has 0 aromatic heterocycles. The van der Waals surface area contributed by atoms with Crippen molar-refractivity contribution in [2.75, 3.05) is 6.61 Å². The number of allylic oxidation sites excluding steroid dienone is 1. The maximum atomic E-state index is 12.4. The van der Waals surface area contributed by atoms with Gasteiger partial charge in [-0.3, -0.25) is 0 Å². The molecule has 5 nitrogen and oxygen atoms in total. The van der Waals surface area contributed by atoms with Crippen LogP contribution in [0.5, 0.6) is 0 Å². The normalized spacial score (nSPS) is 47.7. The minimum Gasteiger partial charge on any atom is -0.386 e. The average molecular weight is 376 g/mol. The fourth-order valence-electron chi connectivity index (χ4n) is 5.89. The number of aliphatic hydroxyl groups excluding tert-OH is 1. The fourth-order valence-corrected chi connectivity index (χ4v) is 5.89. The molecule has 0 bridgehead atoms. The number of ether oxygens (including phenoxy) is 2. The molecule has 27 heavy (non-hydrogen) atoms. The summed E-state index contributed by atoms with van der Waals surface area (Å²) in [6.45, 7) is 10.3. The molecular weight excluding hydrogens is 344 g/mol. The van der Waals surface area contributed by atoms with Gasteiger partial charge in [0, 0.05) is 0 Å². The standard InChI is InChI=1S/C22H32O5/c1-13-10-21(12-23)9-8-16-15(19(16,2)3)7-6-14-11-26-20(4,5)27-18(14)22(21,25)17(13)24/h6,10,12,15-18,24-25H,7-9,11H2,1-5H3. The van der Waals surface area contributed by atoms with Crippen molar-refractivity contribution in [2.45, 2.75) is 77.5 Å². The number of hydrogen-bond donors (Lipinski definition) is 2. The van der Waals surface area contributed by atoms with Crippen molar-refractivity contribution in [1.29, 1.82) is 0 Å². The van der Waals surface area contributed by atoms with Gasteiger partial charge in [0.15, 0.2) is 5.79 Å². The number of rotatable bonds is 1. The second-order valence-electron chi connectivity index (χ2n) is 10.0. The van der Waals surface area contributed by atoms with E-state index in [0.717, 1.165) is 24.7 Å². The molecule has 0 aromatic rings. The van der Waals surface area contributed by atoms with Gasteiger partial charge in [0.25, 0.3) is 0 Å². The molecule has 5 heteroatoms. The van der Waals surface area contributed by atoms with Crippen molar-refractivity contribution in [1.82, 2.24) is 0 Å². The van der Waals surface area contributed by atoms with Crippen LogP contribution in [0.3, 0.4) is 0 Å². The lowest BCUT2D eigenvalue weighted by atomic mass is 9.66. The van der Waals surface area contributed by atoms with Gasteiger partial charge in [-0.15, -0.1) is 0 Å². The van der Waals surface area contributed by atoms with Crippen LogP contribution in [0.15, 0.2) is 23.3 Å². The first-order chi connectivity index (χ1) is 12.5. The third-order valence-electron chi connectivity index (χ3n) is 7.80. The van der Waals surface area contributed by atoms with E-state index in [2.05, 4.69) is 19.9 Å². The molecule has 6 atom stereocenters. The second-order valence-corrected chi connectivity index (χ2v) is 10.0. The number of carbonyl (C=O) groups excluding carboxylic acids is 1. The van der Waals surface area contributed by atoms with Gasteiger partial charge in [-0.05, 0) is 68.4 Å². The van der Waals surface area contributed by atoms with Crippen LogP contribution in [0.4, 0.5) is 0 Å². The zero-order valence-electron chi connectivity index (χ0n) is 17.0. The molecule has 0 radical (unpaired) electrons. The average Bonchev–Trinajstić information content (AvgIpc) is 3.06. The molecule has 150 valence electrons. The van der Waals surface area contributed by atoms with E-state index in [9.17, 15) is 15.0 Å². The highest BCUT2D eigenvalue weighted by Gasteiger charge is 2.66. The predicted molar refractivity (Wildman–Crippen MR) is 101 cm³/mol. The predicted octanol–water partition coefficient (Wildman–Crippen LogP) is 2.76. The fraction of sp³-hybridized carbons (Fsp3) is 0.773. The maximum Gasteiger partial charge on any atom is 0.164 e. The number of aliphatic hydroxyl groups is 2. The summed E-state index contributed by atoms with van der Waals surface area (Å²) in [5.41, 5.74) is -1.20. The van der Waals surface area contributed by atoms with Crippen molar-refractivity contribution >= 4 is 6.29 Å². The molecule has 0 aromatic carbocycles. The van der Waals surface area contributed by atoms with E-state index >= 15 is 0 Å². The van der Waals surface area contributed by atoms with Crippen molar-refractivity contribution in [3.63, 3.8) is 0 Å². The lowest BCUT2D eigenvalue weighted by Crippen LogP contribution is -2.65. The third-order valence-corrected chi connectivity index (χ3v) is 7.80. The summed E-state index contributed by atoms with van der Waals surface area (Å²) in [4.78, 5) is 12.4. The van der Waals surface area contributed by atoms with Crippen LogP contribution in [-0.2, 0) is 14.3 Å². The Balaban J connectivity index is 1.85. The monoisotopic (exact) mass is 376 g/mol. The van der Waals surface area contributed by atoms with E-state index in [1.807, 2.05) is 0 Å². The summed E-state index contributed by atoms with van der Waals surface area (Å²) in [6.07, 6.45) is 5.07. The molecule has 4 rings (SSSR count). The van der Waals surface area contributed by atoms with Crippen molar-refractivity contribution < 1.29 is 24.5 Å². The number of carbonyl (C=O) groups is 1. The van der Waals surface area contributed by atoms with Crippen LogP contribution < -0.4 is 0 Å². The molecule has 4 aliphatic rings. The Kier molecular flexibility index (Phi) is 4.12. The lowest BCUT2D eigenvalue weighted by Gasteiger charge is -2.50. The molecule has 2 fully saturated rings. The van der Waals surface area contributed by atoms with Crippen LogP contribution >= 0.6 is 0 Å². The molecule has 3 aliphatic carbocycles. The first-order valence-corrected chi connectivity index (χ1v) is 10.1. The summed E-state index contributed by atoms with van der Waals surface area (Å²) in [5.74, 6) is 0.181. The van der Waals surface area contributed by atoms with Crippen LogP contribution in [0.25, 0.3) is 0 Å². The van der Waals surface area contributed by atoms with Crippen molar-refractivity contribution in [3.05, 3.63) is 23.3 Å². The van der Waals surface area contributed by atoms with Crippen molar-refractivity contribution in [2.24, 2.45) is 22.7 Å². The smallest absolute Gasteiger partial charge is 0.164 e. The van der Waals surface area contributed by atoms with E-state index in [0.29, 0.717) is 30.4 Å². The molecule has 2 N–H and O–H groups in total. The van der Waals surface area contributed by atoms with Crippen LogP contribution in [0.1, 0.15) is 53.9 Å². The quantitative estimate of drug-likeness (QED) is 0.544. The second kappa shape index (κ2) is 5.76. The first kappa shape index (κ1) is 19.3. The van der Waals surface area contributed by atoms with Crippen LogP contribution in [-0.4, -0.2) is 46.7 Å². The van der Waals surface area contributed by atoms with Gasteiger partial charge < -0.3 is 24.5 Å². The first-order valence-electron chi connectivity index (χ1n) is 10.1. The molecule has 1 saturated heterocycles. The Morgan fingerprint density at radius 3 is 2.59 bits per heavy atom. The maximum absolute atomic E-state index is 12.4. The summed E-state index contributed by atoms with van der Waals surface area (Å²) in [6, 6.07) is 0. The summed E-state index contributed by atoms with van der Waals surface area (Å²) < 4.78 is 12.0. The van der Waals surface area contributed by atoms with Crippen LogP contribution in [0.2, 0.25) is 0 Å². The van der Waals surface area contributed by atoms with E-state index < -0.39 is 29.0 Å². The molecule has 6 unspecified atom stereocenters. The molecule has 1 aliphatic heterocycles. The van der Waals surface area contributed by atoms with Crippen molar-refractivity contribution in [3.8, 4) is 0 Å². The van der Waals surface area contributed by atoms with Crippen LogP contribution in [0, 0.1) is 22.7 Å². The topological polar surface area (TPSA) is 76.0 Å². The summed E-state index contributed by atoms with van der Waals surface area (Å²) in [7, 11) is 0. The zero-order chi connectivity index (χ0) is 19.8. The zero-order valence-corrected chi connectivity index (χ0v) is 17.0. The highest BCUT2D eigenvalue weighted by molar-refractivity contribution is 5.69. The Morgan fingerprint density at radius 1 is 1.22 bits per heavy atom. The number of aldehydes is 1. The third kappa shape index (κ3) is 2.55. The van der Waals surface area contributed by atoms with Gasteiger partial charge in [-0.1, -0.05) is 26.0 Å². The van der Waals surface area contributed by atoms with Gasteiger partial charge in [0.05, 0.1) is 12.0 Å². The Bertz CT molecular complexity index is 720. The molecular formula is C22H32O5. The lowest BCUT2D eigenvalue weighted by molar-refractivity contribution is -0.300. The minimum atomic E-state index is -1.72. The highest BCUT2D eigenvalue weighted by atomic mass is 16.7. The van der Waals surface area contributed by atoms with E-state index in [4.69, 9.17) is 9.47 Å². The Hall–Kier alpha value is -1.01. The minimum absolute atomic E-state index is 0.227.